The molecule has 164 valence electrons. The minimum atomic E-state index is -1.33. The fourth-order valence-electron chi connectivity index (χ4n) is 4.91. The Balaban J connectivity index is 1.81. The van der Waals surface area contributed by atoms with E-state index in [4.69, 9.17) is 9.47 Å². The highest BCUT2D eigenvalue weighted by Crippen LogP contribution is 2.52. The first-order valence-electron chi connectivity index (χ1n) is 11.3. The maximum atomic E-state index is 12.4. The van der Waals surface area contributed by atoms with Crippen LogP contribution in [0, 0.1) is 6.92 Å². The number of rotatable bonds is 5. The highest BCUT2D eigenvalue weighted by atomic mass is 16.5. The van der Waals surface area contributed by atoms with Crippen LogP contribution in [-0.2, 0) is 16.0 Å². The van der Waals surface area contributed by atoms with E-state index in [0.29, 0.717) is 11.5 Å². The van der Waals surface area contributed by atoms with Gasteiger partial charge in [-0.2, -0.15) is 0 Å². The minimum Gasteiger partial charge on any atom is -0.493 e. The number of aliphatic hydroxyl groups is 1. The third kappa shape index (κ3) is 3.69. The molecule has 1 unspecified atom stereocenters. The first kappa shape index (κ1) is 20.8. The standard InChI is InChI=1S/C28H28O4/c1-17-15-22(18-7-4-3-5-8-18)25(19-10-11-19)26(24(17)27(29)28(30)31-2)21-12-13-23-20(16-21)9-6-14-32-23/h3-5,7-8,12-13,15-16,19,27,29H,6,9-11,14H2,1-2H3. The number of benzene rings is 3. The number of hydrogen-bond donors (Lipinski definition) is 1. The first-order chi connectivity index (χ1) is 15.6. The third-order valence-electron chi connectivity index (χ3n) is 6.58. The number of aryl methyl sites for hydroxylation is 2. The lowest BCUT2D eigenvalue weighted by Gasteiger charge is -2.25. The molecular weight excluding hydrogens is 400 g/mol. The van der Waals surface area contributed by atoms with Gasteiger partial charge >= 0.3 is 5.97 Å². The van der Waals surface area contributed by atoms with E-state index < -0.39 is 12.1 Å². The van der Waals surface area contributed by atoms with Crippen molar-refractivity contribution in [2.45, 2.75) is 44.6 Å². The lowest BCUT2D eigenvalue weighted by atomic mass is 9.81. The second-order valence-corrected chi connectivity index (χ2v) is 8.78. The number of fused-ring (bicyclic) bond motifs is 1. The van der Waals surface area contributed by atoms with E-state index in [1.165, 1.54) is 23.8 Å². The minimum absolute atomic E-state index is 0.414. The molecule has 3 aromatic rings. The van der Waals surface area contributed by atoms with Crippen LogP contribution in [0.15, 0.2) is 54.6 Å². The van der Waals surface area contributed by atoms with Crippen molar-refractivity contribution in [3.8, 4) is 28.0 Å². The van der Waals surface area contributed by atoms with E-state index in [9.17, 15) is 9.90 Å². The van der Waals surface area contributed by atoms with Crippen LogP contribution in [0.4, 0.5) is 0 Å². The number of methoxy groups -OCH3 is 1. The largest absolute Gasteiger partial charge is 0.493 e. The third-order valence-corrected chi connectivity index (χ3v) is 6.58. The monoisotopic (exact) mass is 428 g/mol. The molecule has 0 saturated heterocycles. The van der Waals surface area contributed by atoms with E-state index in [2.05, 4.69) is 42.5 Å². The highest BCUT2D eigenvalue weighted by Gasteiger charge is 2.35. The number of ether oxygens (including phenoxy) is 2. The molecule has 0 aromatic heterocycles. The Kier molecular flexibility index (Phi) is 5.48. The second kappa shape index (κ2) is 8.44. The molecule has 3 aromatic carbocycles. The van der Waals surface area contributed by atoms with E-state index in [1.807, 2.05) is 19.1 Å². The molecule has 4 nitrogen and oxygen atoms in total. The van der Waals surface area contributed by atoms with Crippen LogP contribution in [-0.4, -0.2) is 24.8 Å². The van der Waals surface area contributed by atoms with Crippen molar-refractivity contribution >= 4 is 5.97 Å². The van der Waals surface area contributed by atoms with Crippen LogP contribution in [0.25, 0.3) is 22.3 Å². The fourth-order valence-corrected chi connectivity index (χ4v) is 4.91. The number of carbonyl (C=O) groups excluding carboxylic acids is 1. The van der Waals surface area contributed by atoms with Gasteiger partial charge in [-0.25, -0.2) is 4.79 Å². The Labute approximate surface area is 188 Å². The maximum Gasteiger partial charge on any atom is 0.339 e. The summed E-state index contributed by atoms with van der Waals surface area (Å²) in [5.74, 6) is 0.709. The molecule has 4 heteroatoms. The van der Waals surface area contributed by atoms with Gasteiger partial charge in [0.15, 0.2) is 6.10 Å². The zero-order chi connectivity index (χ0) is 22.2. The van der Waals surface area contributed by atoms with Gasteiger partial charge < -0.3 is 14.6 Å². The summed E-state index contributed by atoms with van der Waals surface area (Å²) in [6, 6.07) is 18.8. The lowest BCUT2D eigenvalue weighted by molar-refractivity contribution is -0.150. The summed E-state index contributed by atoms with van der Waals surface area (Å²) in [7, 11) is 1.32. The summed E-state index contributed by atoms with van der Waals surface area (Å²) < 4.78 is 10.8. The van der Waals surface area contributed by atoms with Crippen molar-refractivity contribution in [1.29, 1.82) is 0 Å². The molecular formula is C28H28O4. The van der Waals surface area contributed by atoms with Gasteiger partial charge in [-0.15, -0.1) is 0 Å². The van der Waals surface area contributed by atoms with E-state index >= 15 is 0 Å². The zero-order valence-electron chi connectivity index (χ0n) is 18.6. The van der Waals surface area contributed by atoms with Crippen LogP contribution >= 0.6 is 0 Å². The Morgan fingerprint density at radius 1 is 1.09 bits per heavy atom. The predicted octanol–water partition coefficient (Wildman–Crippen LogP) is 5.74. The lowest BCUT2D eigenvalue weighted by Crippen LogP contribution is -2.17. The Morgan fingerprint density at radius 3 is 2.59 bits per heavy atom. The van der Waals surface area contributed by atoms with Crippen molar-refractivity contribution < 1.29 is 19.4 Å². The average Bonchev–Trinajstić information content (AvgIpc) is 3.68. The van der Waals surface area contributed by atoms with Crippen LogP contribution in [0.1, 0.15) is 53.5 Å². The van der Waals surface area contributed by atoms with Crippen molar-refractivity contribution in [2.24, 2.45) is 0 Å². The number of hydrogen-bond acceptors (Lipinski definition) is 4. The Morgan fingerprint density at radius 2 is 1.88 bits per heavy atom. The van der Waals surface area contributed by atoms with Gasteiger partial charge in [0, 0.05) is 5.56 Å². The van der Waals surface area contributed by atoms with Crippen molar-refractivity contribution in [1.82, 2.24) is 0 Å². The molecule has 0 radical (unpaired) electrons. The molecule has 32 heavy (non-hydrogen) atoms. The van der Waals surface area contributed by atoms with Gasteiger partial charge in [-0.05, 0) is 89.6 Å². The summed E-state index contributed by atoms with van der Waals surface area (Å²) in [5, 5.41) is 11.0. The zero-order valence-corrected chi connectivity index (χ0v) is 18.6. The molecule has 5 rings (SSSR count). The topological polar surface area (TPSA) is 55.8 Å². The van der Waals surface area contributed by atoms with E-state index in [1.54, 1.807) is 0 Å². The van der Waals surface area contributed by atoms with Crippen molar-refractivity contribution in [3.05, 3.63) is 76.9 Å². The predicted molar refractivity (Wildman–Crippen MR) is 125 cm³/mol. The van der Waals surface area contributed by atoms with Gasteiger partial charge in [0.2, 0.25) is 0 Å². The highest BCUT2D eigenvalue weighted by molar-refractivity contribution is 5.88. The smallest absolute Gasteiger partial charge is 0.339 e. The average molecular weight is 429 g/mol. The Hall–Kier alpha value is -3.11. The first-order valence-corrected chi connectivity index (χ1v) is 11.3. The molecule has 1 aliphatic carbocycles. The summed E-state index contributed by atoms with van der Waals surface area (Å²) in [6.07, 6.45) is 2.85. The maximum absolute atomic E-state index is 12.4. The number of esters is 1. The molecule has 1 heterocycles. The summed E-state index contributed by atoms with van der Waals surface area (Å²) >= 11 is 0. The van der Waals surface area contributed by atoms with Crippen LogP contribution in [0.2, 0.25) is 0 Å². The van der Waals surface area contributed by atoms with Gasteiger partial charge in [-0.3, -0.25) is 0 Å². The van der Waals surface area contributed by atoms with Crippen molar-refractivity contribution in [3.63, 3.8) is 0 Å². The molecule has 0 amide bonds. The van der Waals surface area contributed by atoms with Gasteiger partial charge in [-0.1, -0.05) is 42.5 Å². The molecule has 0 spiro atoms. The Bertz CT molecular complexity index is 1160. The van der Waals surface area contributed by atoms with Crippen molar-refractivity contribution in [2.75, 3.05) is 13.7 Å². The van der Waals surface area contributed by atoms with Gasteiger partial charge in [0.05, 0.1) is 13.7 Å². The molecule has 1 fully saturated rings. The van der Waals surface area contributed by atoms with Crippen LogP contribution in [0.5, 0.6) is 5.75 Å². The quantitative estimate of drug-likeness (QED) is 0.527. The van der Waals surface area contributed by atoms with E-state index in [0.717, 1.165) is 60.3 Å². The van der Waals surface area contributed by atoms with Crippen LogP contribution in [0.3, 0.4) is 0 Å². The summed E-state index contributed by atoms with van der Waals surface area (Å²) in [5.41, 5.74) is 8.25. The molecule has 0 bridgehead atoms. The number of aliphatic hydroxyl groups excluding tert-OH is 1. The second-order valence-electron chi connectivity index (χ2n) is 8.78. The van der Waals surface area contributed by atoms with E-state index in [-0.39, 0.29) is 0 Å². The molecule has 1 N–H and O–H groups in total. The fraction of sp³-hybridized carbons (Fsp3) is 0.321. The van der Waals surface area contributed by atoms with Crippen LogP contribution < -0.4 is 4.74 Å². The van der Waals surface area contributed by atoms with Gasteiger partial charge in [0.1, 0.15) is 5.75 Å². The molecule has 2 aliphatic rings. The normalized spacial score (nSPS) is 16.1. The van der Waals surface area contributed by atoms with Gasteiger partial charge in [0.25, 0.3) is 0 Å². The summed E-state index contributed by atoms with van der Waals surface area (Å²) in [4.78, 5) is 12.4. The summed E-state index contributed by atoms with van der Waals surface area (Å²) in [6.45, 7) is 2.71. The molecule has 1 saturated carbocycles. The SMILES string of the molecule is COC(=O)C(O)c1c(C)cc(-c2ccccc2)c(C2CC2)c1-c1ccc2c(c1)CCCO2. The molecule has 1 atom stereocenters. The number of carbonyl (C=O) groups is 1. The molecule has 1 aliphatic heterocycles.